The van der Waals surface area contributed by atoms with Gasteiger partial charge in [0.05, 0.1) is 4.47 Å². The van der Waals surface area contributed by atoms with Crippen molar-refractivity contribution < 1.29 is 18.3 Å². The molecule has 1 unspecified atom stereocenters. The van der Waals surface area contributed by atoms with Crippen LogP contribution in [0.3, 0.4) is 0 Å². The highest BCUT2D eigenvalue weighted by molar-refractivity contribution is 9.10. The van der Waals surface area contributed by atoms with E-state index in [1.807, 2.05) is 19.2 Å². The highest BCUT2D eigenvalue weighted by Gasteiger charge is 2.25. The molecule has 1 atom stereocenters. The van der Waals surface area contributed by atoms with Gasteiger partial charge in [0.2, 0.25) is 0 Å². The summed E-state index contributed by atoms with van der Waals surface area (Å²) >= 11 is 3.45. The van der Waals surface area contributed by atoms with E-state index in [1.165, 1.54) is 6.92 Å². The Morgan fingerprint density at radius 1 is 1.28 bits per heavy atom. The maximum absolute atomic E-state index is 13.8. The Labute approximate surface area is 154 Å². The Bertz CT molecular complexity index is 767. The van der Waals surface area contributed by atoms with Gasteiger partial charge in [-0.3, -0.25) is 0 Å². The number of nitrogens with zero attached hydrogens (tertiary/aromatic N) is 1. The summed E-state index contributed by atoms with van der Waals surface area (Å²) in [6, 6.07) is 7.54. The molecule has 0 spiro atoms. The summed E-state index contributed by atoms with van der Waals surface area (Å²) in [5, 5.41) is 0. The smallest absolute Gasteiger partial charge is 0.166 e. The van der Waals surface area contributed by atoms with E-state index in [-0.39, 0.29) is 5.75 Å². The molecule has 1 heterocycles. The Morgan fingerprint density at radius 2 is 1.96 bits per heavy atom. The molecule has 25 heavy (non-hydrogen) atoms. The van der Waals surface area contributed by atoms with Crippen molar-refractivity contribution in [1.82, 2.24) is 0 Å². The fraction of sp³-hybridized carbons (Fsp3) is 0.316. The van der Waals surface area contributed by atoms with Gasteiger partial charge < -0.3 is 14.4 Å². The van der Waals surface area contributed by atoms with Crippen LogP contribution < -0.4 is 9.64 Å². The van der Waals surface area contributed by atoms with Crippen molar-refractivity contribution in [3.05, 3.63) is 52.0 Å². The minimum atomic E-state index is -0.580. The SMILES string of the molecule is CC1CCc2c(ccc(Br)c2Oc2cc(F)ccc2F)N1C.CC=O. The fourth-order valence-electron chi connectivity index (χ4n) is 2.72. The van der Waals surface area contributed by atoms with E-state index < -0.39 is 11.6 Å². The lowest BCUT2D eigenvalue weighted by Gasteiger charge is -2.35. The van der Waals surface area contributed by atoms with Crippen LogP contribution in [0.25, 0.3) is 0 Å². The lowest BCUT2D eigenvalue weighted by Crippen LogP contribution is -2.33. The topological polar surface area (TPSA) is 29.5 Å². The summed E-state index contributed by atoms with van der Waals surface area (Å²) in [6.07, 6.45) is 2.58. The van der Waals surface area contributed by atoms with E-state index in [9.17, 15) is 8.78 Å². The number of benzene rings is 2. The minimum Gasteiger partial charge on any atom is -0.453 e. The average molecular weight is 412 g/mol. The standard InChI is InChI=1S/C17H16BrF2NO.C2H4O/c1-10-3-5-12-15(21(10)2)8-6-13(18)17(12)22-16-9-11(19)4-7-14(16)20;1-2-3/h4,6-10H,3,5H2,1-2H3;2H,1H3. The van der Waals surface area contributed by atoms with Crippen LogP contribution in [-0.4, -0.2) is 19.4 Å². The van der Waals surface area contributed by atoms with Crippen LogP contribution in [0.5, 0.6) is 11.5 Å². The Kier molecular flexibility index (Phi) is 6.53. The van der Waals surface area contributed by atoms with Gasteiger partial charge in [0.1, 0.15) is 17.9 Å². The molecule has 1 aliphatic heterocycles. The maximum Gasteiger partial charge on any atom is 0.166 e. The van der Waals surface area contributed by atoms with Crippen LogP contribution in [0.1, 0.15) is 25.8 Å². The van der Waals surface area contributed by atoms with E-state index in [4.69, 9.17) is 9.53 Å². The lowest BCUT2D eigenvalue weighted by molar-refractivity contribution is -0.106. The van der Waals surface area contributed by atoms with Gasteiger partial charge in [0.15, 0.2) is 11.6 Å². The van der Waals surface area contributed by atoms with Crippen LogP contribution >= 0.6 is 15.9 Å². The number of rotatable bonds is 2. The third-order valence-electron chi connectivity index (χ3n) is 4.15. The highest BCUT2D eigenvalue weighted by Crippen LogP contribution is 2.42. The summed E-state index contributed by atoms with van der Waals surface area (Å²) < 4.78 is 33.6. The second-order valence-corrected chi connectivity index (χ2v) is 6.64. The molecule has 0 N–H and O–H groups in total. The molecule has 0 aromatic heterocycles. The van der Waals surface area contributed by atoms with Crippen molar-refractivity contribution in [2.75, 3.05) is 11.9 Å². The van der Waals surface area contributed by atoms with Gasteiger partial charge in [-0.1, -0.05) is 0 Å². The van der Waals surface area contributed by atoms with Gasteiger partial charge >= 0.3 is 0 Å². The van der Waals surface area contributed by atoms with Gasteiger partial charge in [-0.25, -0.2) is 8.78 Å². The zero-order valence-electron chi connectivity index (χ0n) is 14.4. The monoisotopic (exact) mass is 411 g/mol. The van der Waals surface area contributed by atoms with Crippen molar-refractivity contribution >= 4 is 27.9 Å². The van der Waals surface area contributed by atoms with Crippen molar-refractivity contribution in [3.8, 4) is 11.5 Å². The van der Waals surface area contributed by atoms with Gasteiger partial charge in [-0.05, 0) is 66.9 Å². The Morgan fingerprint density at radius 3 is 2.64 bits per heavy atom. The fourth-order valence-corrected chi connectivity index (χ4v) is 3.17. The molecule has 1 aliphatic rings. The van der Waals surface area contributed by atoms with Crippen LogP contribution in [0.15, 0.2) is 34.8 Å². The highest BCUT2D eigenvalue weighted by atomic mass is 79.9. The molecule has 134 valence electrons. The molecule has 2 aromatic carbocycles. The lowest BCUT2D eigenvalue weighted by atomic mass is 9.96. The summed E-state index contributed by atoms with van der Waals surface area (Å²) in [5.74, 6) is -0.650. The van der Waals surface area contributed by atoms with Crippen LogP contribution in [-0.2, 0) is 11.2 Å². The molecule has 0 fully saturated rings. The number of halogens is 3. The van der Waals surface area contributed by atoms with Crippen LogP contribution in [0.4, 0.5) is 14.5 Å². The molecule has 0 saturated heterocycles. The molecule has 3 nitrogen and oxygen atoms in total. The predicted octanol–water partition coefficient (Wildman–Crippen LogP) is 5.50. The number of carbonyl (C=O) groups is 1. The molecular weight excluding hydrogens is 392 g/mol. The van der Waals surface area contributed by atoms with Gasteiger partial charge in [0.25, 0.3) is 0 Å². The average Bonchev–Trinajstić information content (AvgIpc) is 2.57. The largest absolute Gasteiger partial charge is 0.453 e. The number of hydrogen-bond donors (Lipinski definition) is 0. The summed E-state index contributed by atoms with van der Waals surface area (Å²) in [4.78, 5) is 11.0. The Hall–Kier alpha value is -1.95. The van der Waals surface area contributed by atoms with Crippen molar-refractivity contribution in [3.63, 3.8) is 0 Å². The van der Waals surface area contributed by atoms with Crippen LogP contribution in [0.2, 0.25) is 0 Å². The van der Waals surface area contributed by atoms with Crippen LogP contribution in [0, 0.1) is 11.6 Å². The molecule has 6 heteroatoms. The third-order valence-corrected chi connectivity index (χ3v) is 4.77. The molecule has 3 rings (SSSR count). The van der Waals surface area contributed by atoms with E-state index >= 15 is 0 Å². The number of anilines is 1. The molecule has 0 aliphatic carbocycles. The maximum atomic E-state index is 13.8. The van der Waals surface area contributed by atoms with E-state index in [0.29, 0.717) is 11.8 Å². The summed E-state index contributed by atoms with van der Waals surface area (Å²) in [7, 11) is 2.03. The number of ether oxygens (including phenoxy) is 1. The minimum absolute atomic E-state index is 0.102. The zero-order chi connectivity index (χ0) is 18.6. The summed E-state index contributed by atoms with van der Waals surface area (Å²) in [5.41, 5.74) is 2.08. The molecule has 0 amide bonds. The second kappa shape index (κ2) is 8.43. The molecule has 0 radical (unpaired) electrons. The second-order valence-electron chi connectivity index (χ2n) is 5.79. The quantitative estimate of drug-likeness (QED) is 0.611. The normalized spacial score (nSPS) is 15.8. The van der Waals surface area contributed by atoms with Gasteiger partial charge in [-0.2, -0.15) is 0 Å². The number of hydrogen-bond acceptors (Lipinski definition) is 3. The number of fused-ring (bicyclic) bond motifs is 1. The van der Waals surface area contributed by atoms with E-state index in [1.54, 1.807) is 0 Å². The third kappa shape index (κ3) is 4.37. The van der Waals surface area contributed by atoms with E-state index in [2.05, 4.69) is 27.8 Å². The first-order valence-corrected chi connectivity index (χ1v) is 8.75. The summed E-state index contributed by atoms with van der Waals surface area (Å²) in [6.45, 7) is 3.61. The number of carbonyl (C=O) groups excluding carboxylic acids is 1. The van der Waals surface area contributed by atoms with Crippen molar-refractivity contribution in [1.29, 1.82) is 0 Å². The molecule has 0 saturated carbocycles. The van der Waals surface area contributed by atoms with Gasteiger partial charge in [0, 0.05) is 30.4 Å². The number of aldehydes is 1. The first-order chi connectivity index (χ1) is 11.9. The Balaban J connectivity index is 0.000000701. The van der Waals surface area contributed by atoms with Gasteiger partial charge in [-0.15, -0.1) is 0 Å². The molecule has 0 bridgehead atoms. The molecular formula is C19H20BrF2NO2. The predicted molar refractivity (Wildman–Crippen MR) is 98.5 cm³/mol. The van der Waals surface area contributed by atoms with E-state index in [0.717, 1.165) is 53.1 Å². The van der Waals surface area contributed by atoms with Crippen molar-refractivity contribution in [2.24, 2.45) is 0 Å². The zero-order valence-corrected chi connectivity index (χ0v) is 15.9. The van der Waals surface area contributed by atoms with Crippen molar-refractivity contribution in [2.45, 2.75) is 32.7 Å². The first-order valence-electron chi connectivity index (χ1n) is 7.96. The first kappa shape index (κ1) is 19.4. The molecule has 2 aromatic rings.